The summed E-state index contributed by atoms with van der Waals surface area (Å²) in [5, 5.41) is 12.8. The molecule has 1 N–H and O–H groups in total. The predicted molar refractivity (Wildman–Crippen MR) is 114 cm³/mol. The number of hydrogen-bond acceptors (Lipinski definition) is 4. The lowest BCUT2D eigenvalue weighted by Crippen LogP contribution is -2.33. The molecule has 2 unspecified atom stereocenters. The maximum absolute atomic E-state index is 12.6. The van der Waals surface area contributed by atoms with Gasteiger partial charge in [0, 0.05) is 17.1 Å². The zero-order valence-corrected chi connectivity index (χ0v) is 17.7. The molecule has 0 aliphatic heterocycles. The summed E-state index contributed by atoms with van der Waals surface area (Å²) in [5.74, 6) is 0.743. The number of nitrogens with zero attached hydrogens (tertiary/aromatic N) is 3. The molecule has 7 heteroatoms. The molecule has 2 aromatic carbocycles. The van der Waals surface area contributed by atoms with Gasteiger partial charge in [-0.1, -0.05) is 53.7 Å². The molecule has 0 fully saturated rings. The average Bonchev–Trinajstić information content (AvgIpc) is 3.11. The maximum Gasteiger partial charge on any atom is 0.233 e. The highest BCUT2D eigenvalue weighted by molar-refractivity contribution is 8.00. The van der Waals surface area contributed by atoms with Gasteiger partial charge >= 0.3 is 0 Å². The molecule has 28 heavy (non-hydrogen) atoms. The zero-order valence-electron chi connectivity index (χ0n) is 16.1. The molecular weight excluding hydrogens is 392 g/mol. The van der Waals surface area contributed by atoms with E-state index in [1.54, 1.807) is 0 Å². The van der Waals surface area contributed by atoms with Crippen LogP contribution in [0, 0.1) is 0 Å². The first kappa shape index (κ1) is 20.4. The van der Waals surface area contributed by atoms with E-state index >= 15 is 0 Å². The normalized spacial score (nSPS) is 13.1. The first-order valence-electron chi connectivity index (χ1n) is 9.20. The third-order valence-electron chi connectivity index (χ3n) is 4.45. The van der Waals surface area contributed by atoms with Gasteiger partial charge < -0.3 is 9.88 Å². The molecule has 1 aromatic heterocycles. The first-order valence-corrected chi connectivity index (χ1v) is 10.5. The van der Waals surface area contributed by atoms with E-state index in [1.165, 1.54) is 11.8 Å². The van der Waals surface area contributed by atoms with Gasteiger partial charge in [0.05, 0.1) is 11.3 Å². The van der Waals surface area contributed by atoms with Crippen molar-refractivity contribution in [1.29, 1.82) is 0 Å². The number of nitrogens with one attached hydrogen (secondary N) is 1. The zero-order chi connectivity index (χ0) is 20.1. The van der Waals surface area contributed by atoms with Crippen LogP contribution in [-0.2, 0) is 11.3 Å². The second kappa shape index (κ2) is 9.26. The number of hydrogen-bond donors (Lipinski definition) is 1. The molecule has 3 rings (SSSR count). The summed E-state index contributed by atoms with van der Waals surface area (Å²) in [7, 11) is 0. The third-order valence-corrected chi connectivity index (χ3v) is 5.78. The highest BCUT2D eigenvalue weighted by atomic mass is 35.5. The van der Waals surface area contributed by atoms with Gasteiger partial charge in [0.15, 0.2) is 11.0 Å². The number of thioether (sulfide) groups is 1. The van der Waals surface area contributed by atoms with Gasteiger partial charge in [-0.2, -0.15) is 0 Å². The Bertz CT molecular complexity index is 927. The minimum absolute atomic E-state index is 0.0277. The summed E-state index contributed by atoms with van der Waals surface area (Å²) in [6.07, 6.45) is 0. The second-order valence-electron chi connectivity index (χ2n) is 6.46. The van der Waals surface area contributed by atoms with Gasteiger partial charge in [-0.05, 0) is 50.6 Å². The fourth-order valence-corrected chi connectivity index (χ4v) is 3.89. The maximum atomic E-state index is 12.6. The van der Waals surface area contributed by atoms with Crippen LogP contribution in [-0.4, -0.2) is 25.9 Å². The first-order chi connectivity index (χ1) is 13.5. The molecule has 146 valence electrons. The number of carbonyl (C=O) groups is 1. The highest BCUT2D eigenvalue weighted by Crippen LogP contribution is 2.28. The Morgan fingerprint density at radius 2 is 1.79 bits per heavy atom. The summed E-state index contributed by atoms with van der Waals surface area (Å²) >= 11 is 7.39. The topological polar surface area (TPSA) is 59.8 Å². The van der Waals surface area contributed by atoms with Crippen molar-refractivity contribution in [2.24, 2.45) is 0 Å². The lowest BCUT2D eigenvalue weighted by atomic mass is 10.1. The number of aromatic nitrogens is 3. The summed E-state index contributed by atoms with van der Waals surface area (Å²) in [6.45, 7) is 6.61. The van der Waals surface area contributed by atoms with Crippen molar-refractivity contribution in [2.75, 3.05) is 0 Å². The van der Waals surface area contributed by atoms with Crippen molar-refractivity contribution in [2.45, 2.75) is 43.8 Å². The quantitative estimate of drug-likeness (QED) is 0.554. The molecule has 0 aliphatic rings. The van der Waals surface area contributed by atoms with E-state index in [0.717, 1.165) is 22.1 Å². The molecule has 1 heterocycles. The molecule has 2 atom stereocenters. The van der Waals surface area contributed by atoms with Gasteiger partial charge in [-0.25, -0.2) is 0 Å². The average molecular weight is 415 g/mol. The Hall–Kier alpha value is -2.31. The molecule has 0 saturated carbocycles. The third kappa shape index (κ3) is 4.75. The molecule has 0 aliphatic carbocycles. The van der Waals surface area contributed by atoms with Crippen molar-refractivity contribution in [3.05, 3.63) is 65.2 Å². The van der Waals surface area contributed by atoms with E-state index in [-0.39, 0.29) is 17.2 Å². The van der Waals surface area contributed by atoms with E-state index < -0.39 is 0 Å². The molecular formula is C21H23ClN4OS. The number of amides is 1. The van der Waals surface area contributed by atoms with Crippen molar-refractivity contribution in [3.8, 4) is 11.4 Å². The number of benzene rings is 2. The minimum atomic E-state index is -0.293. The Balaban J connectivity index is 1.70. The van der Waals surface area contributed by atoms with Crippen LogP contribution in [0.3, 0.4) is 0 Å². The number of halogens is 1. The van der Waals surface area contributed by atoms with E-state index in [2.05, 4.69) is 15.5 Å². The van der Waals surface area contributed by atoms with E-state index in [1.807, 2.05) is 79.9 Å². The number of rotatable bonds is 7. The molecule has 1 amide bonds. The lowest BCUT2D eigenvalue weighted by molar-refractivity contribution is -0.120. The Morgan fingerprint density at radius 1 is 1.11 bits per heavy atom. The van der Waals surface area contributed by atoms with Crippen molar-refractivity contribution < 1.29 is 4.79 Å². The van der Waals surface area contributed by atoms with Crippen LogP contribution < -0.4 is 5.32 Å². The minimum Gasteiger partial charge on any atom is -0.349 e. The van der Waals surface area contributed by atoms with E-state index in [0.29, 0.717) is 11.6 Å². The van der Waals surface area contributed by atoms with Crippen LogP contribution >= 0.6 is 23.4 Å². The van der Waals surface area contributed by atoms with Crippen LogP contribution in [0.15, 0.2) is 59.8 Å². The molecule has 0 saturated heterocycles. The second-order valence-corrected chi connectivity index (χ2v) is 8.20. The van der Waals surface area contributed by atoms with Gasteiger partial charge in [0.2, 0.25) is 5.91 Å². The molecule has 0 radical (unpaired) electrons. The fourth-order valence-electron chi connectivity index (χ4n) is 2.84. The van der Waals surface area contributed by atoms with Crippen molar-refractivity contribution in [3.63, 3.8) is 0 Å². The molecule has 0 bridgehead atoms. The van der Waals surface area contributed by atoms with Gasteiger partial charge in [0.25, 0.3) is 0 Å². The lowest BCUT2D eigenvalue weighted by Gasteiger charge is -2.17. The standard InChI is InChI=1S/C21H23ClN4OS/c1-4-26-19(17-10-12-18(22)13-11-17)24-25-21(26)28-15(3)20(27)23-14(2)16-8-6-5-7-9-16/h5-15H,4H2,1-3H3,(H,23,27). The number of carbonyl (C=O) groups excluding carboxylic acids is 1. The summed E-state index contributed by atoms with van der Waals surface area (Å²) in [5.41, 5.74) is 2.02. The van der Waals surface area contributed by atoms with Crippen molar-refractivity contribution >= 4 is 29.3 Å². The highest BCUT2D eigenvalue weighted by Gasteiger charge is 2.21. The van der Waals surface area contributed by atoms with Crippen LogP contribution in [0.25, 0.3) is 11.4 Å². The van der Waals surface area contributed by atoms with Gasteiger partial charge in [0.1, 0.15) is 0 Å². The smallest absolute Gasteiger partial charge is 0.233 e. The van der Waals surface area contributed by atoms with Crippen LogP contribution in [0.2, 0.25) is 5.02 Å². The Kier molecular flexibility index (Phi) is 6.75. The van der Waals surface area contributed by atoms with Gasteiger partial charge in [-0.15, -0.1) is 10.2 Å². The fraction of sp³-hybridized carbons (Fsp3) is 0.286. The van der Waals surface area contributed by atoms with Gasteiger partial charge in [-0.3, -0.25) is 4.79 Å². The van der Waals surface area contributed by atoms with Crippen LogP contribution in [0.4, 0.5) is 0 Å². The van der Waals surface area contributed by atoms with Crippen LogP contribution in [0.1, 0.15) is 32.4 Å². The SMILES string of the molecule is CCn1c(SC(C)C(=O)NC(C)c2ccccc2)nnc1-c1ccc(Cl)cc1. The molecule has 5 nitrogen and oxygen atoms in total. The summed E-state index contributed by atoms with van der Waals surface area (Å²) < 4.78 is 2.01. The van der Waals surface area contributed by atoms with Crippen molar-refractivity contribution in [1.82, 2.24) is 20.1 Å². The summed E-state index contributed by atoms with van der Waals surface area (Å²) in [4.78, 5) is 12.6. The predicted octanol–water partition coefficient (Wildman–Crippen LogP) is 4.98. The Morgan fingerprint density at radius 3 is 2.43 bits per heavy atom. The monoisotopic (exact) mass is 414 g/mol. The van der Waals surface area contributed by atoms with Crippen LogP contribution in [0.5, 0.6) is 0 Å². The van der Waals surface area contributed by atoms with E-state index in [9.17, 15) is 4.79 Å². The summed E-state index contributed by atoms with van der Waals surface area (Å²) in [6, 6.07) is 17.4. The molecule has 3 aromatic rings. The largest absolute Gasteiger partial charge is 0.349 e. The van der Waals surface area contributed by atoms with E-state index in [4.69, 9.17) is 11.6 Å². The molecule has 0 spiro atoms. The Labute approximate surface area is 174 Å².